The Bertz CT molecular complexity index is 423. The Morgan fingerprint density at radius 1 is 1.50 bits per heavy atom. The smallest absolute Gasteiger partial charge is 0.327 e. The van der Waals surface area contributed by atoms with Crippen LogP contribution in [-0.4, -0.2) is 18.6 Å². The van der Waals surface area contributed by atoms with Gasteiger partial charge in [0.2, 0.25) is 0 Å². The SMILES string of the molecule is CCOC(=O)C(NC(C)C)c1ccc(Br)cc1F. The maximum atomic E-state index is 13.9. The standard InChI is InChI=1S/C13H17BrFNO2/c1-4-18-13(17)12(16-8(2)3)10-6-5-9(14)7-11(10)15/h5-8,12,16H,4H2,1-3H3. The summed E-state index contributed by atoms with van der Waals surface area (Å²) in [6, 6.07) is 3.88. The third-order valence-electron chi connectivity index (χ3n) is 2.30. The quantitative estimate of drug-likeness (QED) is 0.848. The summed E-state index contributed by atoms with van der Waals surface area (Å²) in [5, 5.41) is 3.01. The third-order valence-corrected chi connectivity index (χ3v) is 2.79. The fourth-order valence-corrected chi connectivity index (χ4v) is 1.91. The predicted octanol–water partition coefficient (Wildman–Crippen LogP) is 3.19. The lowest BCUT2D eigenvalue weighted by Crippen LogP contribution is -2.35. The Morgan fingerprint density at radius 3 is 2.67 bits per heavy atom. The highest BCUT2D eigenvalue weighted by molar-refractivity contribution is 9.10. The molecule has 0 radical (unpaired) electrons. The van der Waals surface area contributed by atoms with Crippen molar-refractivity contribution in [2.75, 3.05) is 6.61 Å². The van der Waals surface area contributed by atoms with E-state index in [9.17, 15) is 9.18 Å². The highest BCUT2D eigenvalue weighted by Crippen LogP contribution is 2.22. The first-order chi connectivity index (χ1) is 8.45. The van der Waals surface area contributed by atoms with Crippen LogP contribution in [0, 0.1) is 5.82 Å². The van der Waals surface area contributed by atoms with Crippen molar-refractivity contribution in [1.29, 1.82) is 0 Å². The summed E-state index contributed by atoms with van der Waals surface area (Å²) in [7, 11) is 0. The van der Waals surface area contributed by atoms with Crippen molar-refractivity contribution < 1.29 is 13.9 Å². The van der Waals surface area contributed by atoms with Crippen LogP contribution in [0.5, 0.6) is 0 Å². The fraction of sp³-hybridized carbons (Fsp3) is 0.462. The van der Waals surface area contributed by atoms with Crippen LogP contribution in [0.15, 0.2) is 22.7 Å². The summed E-state index contributed by atoms with van der Waals surface area (Å²) in [6.07, 6.45) is 0. The molecular formula is C13H17BrFNO2. The number of rotatable bonds is 5. The van der Waals surface area contributed by atoms with E-state index in [1.807, 2.05) is 13.8 Å². The summed E-state index contributed by atoms with van der Waals surface area (Å²) >= 11 is 3.19. The number of hydrogen-bond acceptors (Lipinski definition) is 3. The molecule has 1 aromatic carbocycles. The number of carbonyl (C=O) groups excluding carboxylic acids is 1. The molecule has 5 heteroatoms. The molecular weight excluding hydrogens is 301 g/mol. The summed E-state index contributed by atoms with van der Waals surface area (Å²) < 4.78 is 19.5. The Kier molecular flexibility index (Phi) is 5.75. The molecule has 0 bridgehead atoms. The number of halogens is 2. The zero-order chi connectivity index (χ0) is 13.7. The number of carbonyl (C=O) groups is 1. The van der Waals surface area contributed by atoms with Crippen LogP contribution < -0.4 is 5.32 Å². The van der Waals surface area contributed by atoms with Gasteiger partial charge in [-0.1, -0.05) is 22.0 Å². The van der Waals surface area contributed by atoms with Crippen molar-refractivity contribution in [2.24, 2.45) is 0 Å². The molecule has 1 unspecified atom stereocenters. The van der Waals surface area contributed by atoms with Crippen molar-refractivity contribution in [2.45, 2.75) is 32.9 Å². The van der Waals surface area contributed by atoms with E-state index in [0.29, 0.717) is 10.0 Å². The largest absolute Gasteiger partial charge is 0.465 e. The summed E-state index contributed by atoms with van der Waals surface area (Å²) in [6.45, 7) is 5.78. The zero-order valence-corrected chi connectivity index (χ0v) is 12.3. The van der Waals surface area contributed by atoms with E-state index in [1.165, 1.54) is 6.07 Å². The molecule has 1 rings (SSSR count). The number of hydrogen-bond donors (Lipinski definition) is 1. The Hall–Kier alpha value is -0.940. The van der Waals surface area contributed by atoms with Gasteiger partial charge in [-0.2, -0.15) is 0 Å². The second kappa shape index (κ2) is 6.85. The Morgan fingerprint density at radius 2 is 2.17 bits per heavy atom. The number of benzene rings is 1. The minimum atomic E-state index is -0.780. The maximum absolute atomic E-state index is 13.9. The van der Waals surface area contributed by atoms with Crippen molar-refractivity contribution in [1.82, 2.24) is 5.32 Å². The Balaban J connectivity index is 3.04. The highest BCUT2D eigenvalue weighted by Gasteiger charge is 2.25. The van der Waals surface area contributed by atoms with E-state index in [4.69, 9.17) is 4.74 Å². The molecule has 1 aromatic rings. The second-order valence-corrected chi connectivity index (χ2v) is 5.09. The zero-order valence-electron chi connectivity index (χ0n) is 10.7. The first-order valence-electron chi connectivity index (χ1n) is 5.83. The summed E-state index contributed by atoms with van der Waals surface area (Å²) in [5.74, 6) is -0.900. The molecule has 0 spiro atoms. The molecule has 0 aliphatic heterocycles. The minimum Gasteiger partial charge on any atom is -0.465 e. The van der Waals surface area contributed by atoms with Crippen molar-refractivity contribution in [3.63, 3.8) is 0 Å². The third kappa shape index (κ3) is 4.07. The molecule has 3 nitrogen and oxygen atoms in total. The monoisotopic (exact) mass is 317 g/mol. The molecule has 1 N–H and O–H groups in total. The number of nitrogens with one attached hydrogen (secondary N) is 1. The van der Waals surface area contributed by atoms with E-state index in [-0.39, 0.29) is 12.6 Å². The average molecular weight is 318 g/mol. The highest BCUT2D eigenvalue weighted by atomic mass is 79.9. The van der Waals surface area contributed by atoms with E-state index in [1.54, 1.807) is 19.1 Å². The lowest BCUT2D eigenvalue weighted by Gasteiger charge is -2.20. The average Bonchev–Trinajstić information content (AvgIpc) is 2.26. The van der Waals surface area contributed by atoms with Crippen LogP contribution in [0.2, 0.25) is 0 Å². The van der Waals surface area contributed by atoms with E-state index >= 15 is 0 Å². The van der Waals surface area contributed by atoms with Gasteiger partial charge in [0.25, 0.3) is 0 Å². The van der Waals surface area contributed by atoms with Gasteiger partial charge in [0.1, 0.15) is 11.9 Å². The van der Waals surface area contributed by atoms with Crippen LogP contribution >= 0.6 is 15.9 Å². The number of esters is 1. The van der Waals surface area contributed by atoms with Gasteiger partial charge in [0, 0.05) is 16.1 Å². The lowest BCUT2D eigenvalue weighted by molar-refractivity contribution is -0.146. The van der Waals surface area contributed by atoms with Gasteiger partial charge in [-0.15, -0.1) is 0 Å². The maximum Gasteiger partial charge on any atom is 0.327 e. The lowest BCUT2D eigenvalue weighted by atomic mass is 10.1. The van der Waals surface area contributed by atoms with Crippen LogP contribution in [0.1, 0.15) is 32.4 Å². The topological polar surface area (TPSA) is 38.3 Å². The molecule has 1 atom stereocenters. The minimum absolute atomic E-state index is 0.0439. The molecule has 0 saturated heterocycles. The molecule has 18 heavy (non-hydrogen) atoms. The van der Waals surface area contributed by atoms with Gasteiger partial charge in [0.05, 0.1) is 6.61 Å². The predicted molar refractivity (Wildman–Crippen MR) is 71.7 cm³/mol. The van der Waals surface area contributed by atoms with Crippen LogP contribution in [0.25, 0.3) is 0 Å². The Labute approximate surface area is 115 Å². The number of ether oxygens (including phenoxy) is 1. The summed E-state index contributed by atoms with van der Waals surface area (Å²) in [4.78, 5) is 11.9. The molecule has 0 aliphatic carbocycles. The summed E-state index contributed by atoms with van der Waals surface area (Å²) in [5.41, 5.74) is 0.297. The van der Waals surface area contributed by atoms with Crippen molar-refractivity contribution >= 4 is 21.9 Å². The van der Waals surface area contributed by atoms with Crippen molar-refractivity contribution in [3.05, 3.63) is 34.1 Å². The van der Waals surface area contributed by atoms with Gasteiger partial charge in [-0.3, -0.25) is 5.32 Å². The van der Waals surface area contributed by atoms with Crippen LogP contribution in [-0.2, 0) is 9.53 Å². The molecule has 0 saturated carbocycles. The van der Waals surface area contributed by atoms with E-state index < -0.39 is 17.8 Å². The molecule has 0 aliphatic rings. The molecule has 0 aromatic heterocycles. The van der Waals surface area contributed by atoms with Crippen LogP contribution in [0.4, 0.5) is 4.39 Å². The second-order valence-electron chi connectivity index (χ2n) is 4.17. The van der Waals surface area contributed by atoms with Gasteiger partial charge >= 0.3 is 5.97 Å². The first-order valence-corrected chi connectivity index (χ1v) is 6.62. The first kappa shape index (κ1) is 15.1. The van der Waals surface area contributed by atoms with Gasteiger partial charge in [0.15, 0.2) is 0 Å². The van der Waals surface area contributed by atoms with E-state index in [0.717, 1.165) is 0 Å². The van der Waals surface area contributed by atoms with Crippen molar-refractivity contribution in [3.8, 4) is 0 Å². The van der Waals surface area contributed by atoms with Gasteiger partial charge < -0.3 is 4.74 Å². The normalized spacial score (nSPS) is 12.6. The van der Waals surface area contributed by atoms with Gasteiger partial charge in [-0.05, 0) is 32.9 Å². The van der Waals surface area contributed by atoms with Crippen LogP contribution in [0.3, 0.4) is 0 Å². The fourth-order valence-electron chi connectivity index (χ4n) is 1.58. The van der Waals surface area contributed by atoms with E-state index in [2.05, 4.69) is 21.2 Å². The molecule has 0 amide bonds. The molecule has 100 valence electrons. The van der Waals surface area contributed by atoms with Gasteiger partial charge in [-0.25, -0.2) is 9.18 Å². The molecule has 0 fully saturated rings. The molecule has 0 heterocycles.